The van der Waals surface area contributed by atoms with Crippen LogP contribution in [-0.2, 0) is 10.8 Å². The average molecular weight is 1120 g/mol. The molecule has 0 amide bonds. The molecule has 0 spiro atoms. The zero-order valence-corrected chi connectivity index (χ0v) is 47.6. The topological polar surface area (TPSA) is 51.6 Å². The van der Waals surface area contributed by atoms with E-state index in [1.807, 2.05) is 90.7 Å². The van der Waals surface area contributed by atoms with Crippen molar-refractivity contribution in [3.05, 3.63) is 157 Å². The molecule has 2 aliphatic rings. The molecular formula is C54H32N4S12. The minimum atomic E-state index is -0.469. The quantitative estimate of drug-likeness (QED) is 0.166. The molecule has 0 unspecified atom stereocenters. The van der Waals surface area contributed by atoms with Gasteiger partial charge < -0.3 is 0 Å². The van der Waals surface area contributed by atoms with Crippen molar-refractivity contribution in [1.82, 2.24) is 17.5 Å². The second-order valence-corrected chi connectivity index (χ2v) is 30.9. The fraction of sp³-hybridized carbons (Fsp3) is 0.148. The molecule has 70 heavy (non-hydrogen) atoms. The predicted molar refractivity (Wildman–Crippen MR) is 314 cm³/mol. The van der Waals surface area contributed by atoms with Gasteiger partial charge in [0.15, 0.2) is 0 Å². The van der Waals surface area contributed by atoms with E-state index in [2.05, 4.69) is 149 Å². The molecule has 2 aromatic carbocycles. The Bertz CT molecular complexity index is 4180. The first kappa shape index (κ1) is 42.4. The Morgan fingerprint density at radius 3 is 1.03 bits per heavy atom. The highest BCUT2D eigenvalue weighted by atomic mass is 32.1. The molecule has 4 nitrogen and oxygen atoms in total. The predicted octanol–water partition coefficient (Wildman–Crippen LogP) is 19.7. The summed E-state index contributed by atoms with van der Waals surface area (Å²) in [7, 11) is 0. The van der Waals surface area contributed by atoms with Crippen LogP contribution >= 0.6 is 137 Å². The lowest BCUT2D eigenvalue weighted by Crippen LogP contribution is -2.26. The normalized spacial score (nSPS) is 14.7. The van der Waals surface area contributed by atoms with Gasteiger partial charge in [0, 0.05) is 91.6 Å². The third kappa shape index (κ3) is 5.32. The van der Waals surface area contributed by atoms with E-state index in [-0.39, 0.29) is 0 Å². The zero-order chi connectivity index (χ0) is 46.7. The summed E-state index contributed by atoms with van der Waals surface area (Å²) in [6.07, 6.45) is 0. The third-order valence-corrected chi connectivity index (χ3v) is 27.7. The molecule has 0 fully saturated rings. The lowest BCUT2D eigenvalue weighted by molar-refractivity contribution is 0.826. The fourth-order valence-electron chi connectivity index (χ4n) is 11.4. The molecule has 0 saturated carbocycles. The number of benzene rings is 2. The summed E-state index contributed by atoms with van der Waals surface area (Å²) in [5.74, 6) is 0. The van der Waals surface area contributed by atoms with Gasteiger partial charge in [-0.05, 0) is 113 Å². The Balaban J connectivity index is 1.01. The summed E-state index contributed by atoms with van der Waals surface area (Å²) in [4.78, 5) is 19.3. The molecule has 12 heterocycles. The molecular weight excluding hydrogens is 1090 g/mol. The van der Waals surface area contributed by atoms with Crippen LogP contribution in [0.15, 0.2) is 84.9 Å². The van der Waals surface area contributed by atoms with Crippen molar-refractivity contribution < 1.29 is 0 Å². The van der Waals surface area contributed by atoms with Crippen molar-refractivity contribution in [3.8, 4) is 40.4 Å². The second kappa shape index (κ2) is 14.8. The van der Waals surface area contributed by atoms with E-state index in [0.29, 0.717) is 0 Å². The molecule has 16 rings (SSSR count). The van der Waals surface area contributed by atoms with E-state index in [4.69, 9.17) is 17.5 Å². The Kier molecular flexibility index (Phi) is 8.94. The van der Waals surface area contributed by atoms with Gasteiger partial charge in [-0.3, -0.25) is 0 Å². The lowest BCUT2D eigenvalue weighted by Gasteiger charge is -2.30. The minimum absolute atomic E-state index is 0.469. The van der Waals surface area contributed by atoms with E-state index < -0.39 is 10.8 Å². The summed E-state index contributed by atoms with van der Waals surface area (Å²) in [6, 6.07) is 33.1. The maximum Gasteiger partial charge on any atom is 0.113 e. The van der Waals surface area contributed by atoms with Crippen LogP contribution in [-0.4, -0.2) is 17.5 Å². The largest absolute Gasteiger partial charge is 0.173 e. The fourth-order valence-corrected chi connectivity index (χ4v) is 26.0. The number of nitrogens with zero attached hydrogens (tertiary/aromatic N) is 4. The number of aromatic nitrogens is 4. The van der Waals surface area contributed by atoms with Crippen molar-refractivity contribution in [1.29, 1.82) is 0 Å². The van der Waals surface area contributed by atoms with Gasteiger partial charge in [0.2, 0.25) is 0 Å². The lowest BCUT2D eigenvalue weighted by atomic mass is 9.75. The first-order chi connectivity index (χ1) is 34.1. The maximum atomic E-state index is 4.85. The second-order valence-electron chi connectivity index (χ2n) is 18.4. The highest BCUT2D eigenvalue weighted by molar-refractivity contribution is 7.38. The summed E-state index contributed by atoms with van der Waals surface area (Å²) in [6.45, 7) is 13.4. The highest BCUT2D eigenvalue weighted by Gasteiger charge is 2.58. The molecule has 0 radical (unpaired) electrons. The van der Waals surface area contributed by atoms with E-state index in [1.54, 1.807) is 0 Å². The Hall–Kier alpha value is -4.14. The summed E-state index contributed by atoms with van der Waals surface area (Å²) >= 11 is 22.6. The summed E-state index contributed by atoms with van der Waals surface area (Å²) in [5, 5.41) is 0. The maximum absolute atomic E-state index is 4.85. The van der Waals surface area contributed by atoms with Gasteiger partial charge in [-0.2, -0.15) is 17.5 Å². The van der Waals surface area contributed by atoms with Gasteiger partial charge in [-0.15, -0.1) is 113 Å². The van der Waals surface area contributed by atoms with Crippen LogP contribution in [0.2, 0.25) is 0 Å². The molecule has 0 N–H and O–H groups in total. The van der Waals surface area contributed by atoms with Crippen LogP contribution in [0.5, 0.6) is 0 Å². The molecule has 14 aromatic rings. The number of rotatable bonds is 6. The highest BCUT2D eigenvalue weighted by Crippen LogP contribution is 2.73. The number of aryl methyl sites for hydroxylation is 6. The monoisotopic (exact) mass is 1120 g/mol. The molecule has 12 aromatic heterocycles. The van der Waals surface area contributed by atoms with Crippen molar-refractivity contribution in [3.63, 3.8) is 0 Å². The standard InChI is InChI=1S/C54H32N4S12/c1-21-7-13-27(43-41(21)55-69-57-43)29-19-31-45(63-29)37-47(65-31)49-39(53(37,33-15-9-23(3)59-33)34-16-10-24(4)60-34)51-52(67-49)40-50(68-51)48-38(54(40,35-17-11-25(5)61-35)36-18-12-26(6)62-36)46-32(66-48)20-30(64-46)28-14-8-22(2)42-44(28)58-70-56-42/h7-20H,1-6H3. The first-order valence-electron chi connectivity index (χ1n) is 22.6. The smallest absolute Gasteiger partial charge is 0.113 e. The molecule has 16 heteroatoms. The van der Waals surface area contributed by atoms with Crippen molar-refractivity contribution in [2.45, 2.75) is 52.4 Å². The number of thiophene rings is 10. The van der Waals surface area contributed by atoms with E-state index in [9.17, 15) is 0 Å². The molecule has 2 aliphatic carbocycles. The zero-order valence-electron chi connectivity index (χ0n) is 37.8. The van der Waals surface area contributed by atoms with E-state index >= 15 is 0 Å². The summed E-state index contributed by atoms with van der Waals surface area (Å²) < 4.78 is 27.6. The van der Waals surface area contributed by atoms with Crippen LogP contribution in [0.25, 0.3) is 90.7 Å². The van der Waals surface area contributed by atoms with Crippen LogP contribution in [0.4, 0.5) is 0 Å². The molecule has 0 bridgehead atoms. The minimum Gasteiger partial charge on any atom is -0.173 e. The molecule has 0 atom stereocenters. The Labute approximate surface area is 449 Å². The van der Waals surface area contributed by atoms with E-state index in [1.165, 1.54) is 164 Å². The van der Waals surface area contributed by atoms with Gasteiger partial charge in [0.1, 0.15) is 22.1 Å². The number of hydrogen-bond acceptors (Lipinski definition) is 16. The summed E-state index contributed by atoms with van der Waals surface area (Å²) in [5.41, 5.74) is 13.8. The molecule has 0 aliphatic heterocycles. The van der Waals surface area contributed by atoms with Crippen LogP contribution in [0.3, 0.4) is 0 Å². The van der Waals surface area contributed by atoms with Gasteiger partial charge in [0.25, 0.3) is 0 Å². The van der Waals surface area contributed by atoms with Gasteiger partial charge in [0.05, 0.1) is 72.6 Å². The van der Waals surface area contributed by atoms with Crippen LogP contribution in [0, 0.1) is 41.5 Å². The van der Waals surface area contributed by atoms with Crippen LogP contribution in [0.1, 0.15) is 72.4 Å². The van der Waals surface area contributed by atoms with Crippen LogP contribution < -0.4 is 0 Å². The molecule has 340 valence electrons. The van der Waals surface area contributed by atoms with Gasteiger partial charge in [-0.25, -0.2) is 0 Å². The molecule has 0 saturated heterocycles. The Morgan fingerprint density at radius 2 is 0.671 bits per heavy atom. The van der Waals surface area contributed by atoms with Gasteiger partial charge in [-0.1, -0.05) is 24.3 Å². The van der Waals surface area contributed by atoms with Gasteiger partial charge >= 0.3 is 0 Å². The number of hydrogen-bond donors (Lipinski definition) is 0. The SMILES string of the molecule is Cc1ccc(C2(c3ccc(C)s3)c3c(sc4cc(-c5ccc(C)c6nsnc56)sc34)-c3sc4c5c(sc4c32)-c2sc3cc(-c4ccc(C)c6nsnc46)sc3c2C5(c2ccc(C)s2)c2ccc(C)s2)s1. The first-order valence-corrected chi connectivity index (χ1v) is 32.2. The Morgan fingerprint density at radius 1 is 0.329 bits per heavy atom. The number of fused-ring (bicyclic) bond motifs is 15. The van der Waals surface area contributed by atoms with Crippen molar-refractivity contribution in [2.75, 3.05) is 0 Å². The van der Waals surface area contributed by atoms with Crippen molar-refractivity contribution >= 4 is 187 Å². The average Bonchev–Trinajstić information content (AvgIpc) is 4.16. The van der Waals surface area contributed by atoms with E-state index in [0.717, 1.165) is 22.1 Å². The third-order valence-electron chi connectivity index (χ3n) is 14.4. The van der Waals surface area contributed by atoms with Crippen molar-refractivity contribution in [2.24, 2.45) is 0 Å².